The molecule has 1 saturated carbocycles. The smallest absolute Gasteiger partial charge is 0.343 e. The molecule has 0 saturated heterocycles. The molecule has 1 aliphatic carbocycles. The Hall–Kier alpha value is -3.35. The fourth-order valence-electron chi connectivity index (χ4n) is 5.93. The lowest BCUT2D eigenvalue weighted by Crippen LogP contribution is -2.13. The van der Waals surface area contributed by atoms with Crippen molar-refractivity contribution in [3.05, 3.63) is 59.7 Å². The lowest BCUT2D eigenvalue weighted by Gasteiger charge is -2.29. The zero-order valence-corrected chi connectivity index (χ0v) is 27.6. The molecule has 45 heavy (non-hydrogen) atoms. The van der Waals surface area contributed by atoms with Gasteiger partial charge in [0.2, 0.25) is 0 Å². The highest BCUT2D eigenvalue weighted by atomic mass is 16.5. The summed E-state index contributed by atoms with van der Waals surface area (Å²) < 4.78 is 21.4. The number of ether oxygens (including phenoxy) is 4. The van der Waals surface area contributed by atoms with E-state index >= 15 is 0 Å². The summed E-state index contributed by atoms with van der Waals surface area (Å²) >= 11 is 0. The molecule has 7 nitrogen and oxygen atoms in total. The van der Waals surface area contributed by atoms with Crippen molar-refractivity contribution in [2.75, 3.05) is 19.8 Å². The molecule has 0 amide bonds. The van der Waals surface area contributed by atoms with Gasteiger partial charge in [-0.1, -0.05) is 70.4 Å². The number of esters is 3. The molecule has 0 atom stereocenters. The first-order valence-corrected chi connectivity index (χ1v) is 17.3. The van der Waals surface area contributed by atoms with Gasteiger partial charge in [0.15, 0.2) is 0 Å². The third-order valence-electron chi connectivity index (χ3n) is 8.62. The summed E-state index contributed by atoms with van der Waals surface area (Å²) in [6.45, 7) is 5.34. The van der Waals surface area contributed by atoms with E-state index in [0.717, 1.165) is 50.2 Å². The highest BCUT2D eigenvalue weighted by Gasteiger charge is 2.22. The van der Waals surface area contributed by atoms with E-state index in [2.05, 4.69) is 19.1 Å². The quantitative estimate of drug-likeness (QED) is 0.0778. The fraction of sp³-hybridized carbons (Fsp3) is 0.605. The van der Waals surface area contributed by atoms with Crippen LogP contribution in [0.2, 0.25) is 0 Å². The SMILES string of the molecule is CCCCCC1CCC(c2ccc(OC(=O)c3ccc(OCCCCCCCCOC(=O)CCC(=O)OCC)cc3)cc2)CC1. The van der Waals surface area contributed by atoms with Crippen LogP contribution in [0.15, 0.2) is 48.5 Å². The molecule has 1 aliphatic rings. The van der Waals surface area contributed by atoms with Gasteiger partial charge < -0.3 is 18.9 Å². The molecule has 0 aliphatic heterocycles. The van der Waals surface area contributed by atoms with Crippen LogP contribution < -0.4 is 9.47 Å². The molecule has 2 aromatic rings. The van der Waals surface area contributed by atoms with E-state index in [9.17, 15) is 14.4 Å². The maximum atomic E-state index is 12.7. The van der Waals surface area contributed by atoms with Crippen LogP contribution in [0.4, 0.5) is 0 Å². The average Bonchev–Trinajstić information content (AvgIpc) is 3.06. The molecular formula is C38H54O7. The van der Waals surface area contributed by atoms with Crippen molar-refractivity contribution in [2.45, 2.75) is 122 Å². The highest BCUT2D eigenvalue weighted by molar-refractivity contribution is 5.91. The van der Waals surface area contributed by atoms with Gasteiger partial charge >= 0.3 is 17.9 Å². The predicted octanol–water partition coefficient (Wildman–Crippen LogP) is 9.37. The second-order valence-electron chi connectivity index (χ2n) is 12.2. The van der Waals surface area contributed by atoms with Gasteiger partial charge in [0, 0.05) is 0 Å². The zero-order chi connectivity index (χ0) is 32.1. The van der Waals surface area contributed by atoms with Crippen LogP contribution >= 0.6 is 0 Å². The number of carbonyl (C=O) groups is 3. The zero-order valence-electron chi connectivity index (χ0n) is 27.6. The van der Waals surface area contributed by atoms with Crippen molar-refractivity contribution in [1.29, 1.82) is 0 Å². The molecule has 1 fully saturated rings. The minimum atomic E-state index is -0.368. The van der Waals surface area contributed by atoms with Crippen molar-refractivity contribution in [3.8, 4) is 11.5 Å². The molecule has 0 bridgehead atoms. The monoisotopic (exact) mass is 622 g/mol. The lowest BCUT2D eigenvalue weighted by atomic mass is 9.77. The minimum absolute atomic E-state index is 0.0695. The molecule has 0 aromatic heterocycles. The van der Waals surface area contributed by atoms with Gasteiger partial charge in [-0.05, 0) is 99.2 Å². The third kappa shape index (κ3) is 14.5. The Morgan fingerprint density at radius 1 is 0.644 bits per heavy atom. The number of rotatable bonds is 21. The second kappa shape index (κ2) is 21.4. The summed E-state index contributed by atoms with van der Waals surface area (Å²) in [6, 6.07) is 15.2. The van der Waals surface area contributed by atoms with Gasteiger partial charge in [0.05, 0.1) is 38.2 Å². The molecule has 7 heteroatoms. The molecule has 0 spiro atoms. The van der Waals surface area contributed by atoms with Gasteiger partial charge in [-0.15, -0.1) is 0 Å². The van der Waals surface area contributed by atoms with Crippen LogP contribution in [0.25, 0.3) is 0 Å². The van der Waals surface area contributed by atoms with Crippen LogP contribution in [0.3, 0.4) is 0 Å². The number of unbranched alkanes of at least 4 members (excludes halogenated alkanes) is 7. The summed E-state index contributed by atoms with van der Waals surface area (Å²) in [4.78, 5) is 35.6. The summed E-state index contributed by atoms with van der Waals surface area (Å²) in [5.74, 6) is 1.74. The van der Waals surface area contributed by atoms with Gasteiger partial charge in [-0.25, -0.2) is 4.79 Å². The third-order valence-corrected chi connectivity index (χ3v) is 8.62. The van der Waals surface area contributed by atoms with Crippen LogP contribution in [0.1, 0.15) is 138 Å². The Morgan fingerprint density at radius 2 is 1.24 bits per heavy atom. The van der Waals surface area contributed by atoms with E-state index in [1.54, 1.807) is 19.1 Å². The Morgan fingerprint density at radius 3 is 1.89 bits per heavy atom. The molecule has 0 radical (unpaired) electrons. The van der Waals surface area contributed by atoms with Crippen molar-refractivity contribution in [3.63, 3.8) is 0 Å². The van der Waals surface area contributed by atoms with E-state index in [1.807, 2.05) is 24.3 Å². The van der Waals surface area contributed by atoms with Gasteiger partial charge in [0.1, 0.15) is 11.5 Å². The first-order valence-electron chi connectivity index (χ1n) is 17.3. The van der Waals surface area contributed by atoms with E-state index in [4.69, 9.17) is 18.9 Å². The summed E-state index contributed by atoms with van der Waals surface area (Å²) in [6.07, 6.45) is 16.7. The second-order valence-corrected chi connectivity index (χ2v) is 12.2. The largest absolute Gasteiger partial charge is 0.494 e. The summed E-state index contributed by atoms with van der Waals surface area (Å²) in [7, 11) is 0. The molecule has 0 unspecified atom stereocenters. The van der Waals surface area contributed by atoms with Crippen LogP contribution in [-0.2, 0) is 19.1 Å². The number of benzene rings is 2. The maximum absolute atomic E-state index is 12.7. The van der Waals surface area contributed by atoms with Crippen molar-refractivity contribution < 1.29 is 33.3 Å². The van der Waals surface area contributed by atoms with Crippen LogP contribution in [0.5, 0.6) is 11.5 Å². The van der Waals surface area contributed by atoms with Gasteiger partial charge in [-0.3, -0.25) is 9.59 Å². The molecule has 248 valence electrons. The first-order chi connectivity index (χ1) is 22.0. The Kier molecular flexibility index (Phi) is 17.2. The normalized spacial score (nSPS) is 16.1. The molecule has 0 heterocycles. The maximum Gasteiger partial charge on any atom is 0.343 e. The van der Waals surface area contributed by atoms with Crippen LogP contribution in [-0.4, -0.2) is 37.7 Å². The highest BCUT2D eigenvalue weighted by Crippen LogP contribution is 2.38. The average molecular weight is 623 g/mol. The Labute approximate surface area is 270 Å². The number of hydrogen-bond donors (Lipinski definition) is 0. The van der Waals surface area contributed by atoms with E-state index in [-0.39, 0.29) is 30.7 Å². The van der Waals surface area contributed by atoms with Crippen LogP contribution in [0, 0.1) is 5.92 Å². The molecule has 0 N–H and O–H groups in total. The first kappa shape index (κ1) is 36.1. The van der Waals surface area contributed by atoms with Crippen molar-refractivity contribution >= 4 is 17.9 Å². The Balaban J connectivity index is 1.22. The number of hydrogen-bond acceptors (Lipinski definition) is 7. The van der Waals surface area contributed by atoms with Crippen molar-refractivity contribution in [1.82, 2.24) is 0 Å². The fourth-order valence-corrected chi connectivity index (χ4v) is 5.93. The standard InChI is InChI=1S/C38H54O7/c1-3-5-10-13-30-14-16-31(17-15-30)32-18-24-35(25-19-32)45-38(41)33-20-22-34(23-21-33)43-28-11-8-6-7-9-12-29-44-37(40)27-26-36(39)42-4-2/h18-25,30-31H,3-17,26-29H2,1-2H3. The van der Waals surface area contributed by atoms with Crippen molar-refractivity contribution in [2.24, 2.45) is 5.92 Å². The van der Waals surface area contributed by atoms with E-state index in [1.165, 1.54) is 56.9 Å². The topological polar surface area (TPSA) is 88.1 Å². The summed E-state index contributed by atoms with van der Waals surface area (Å²) in [5.41, 5.74) is 1.85. The van der Waals surface area contributed by atoms with Gasteiger partial charge in [-0.2, -0.15) is 0 Å². The predicted molar refractivity (Wildman–Crippen MR) is 177 cm³/mol. The van der Waals surface area contributed by atoms with E-state index < -0.39 is 0 Å². The molecule has 3 rings (SSSR count). The summed E-state index contributed by atoms with van der Waals surface area (Å²) in [5, 5.41) is 0. The lowest BCUT2D eigenvalue weighted by molar-refractivity contribution is -0.150. The van der Waals surface area contributed by atoms with E-state index in [0.29, 0.717) is 37.1 Å². The molecular weight excluding hydrogens is 568 g/mol. The Bertz CT molecular complexity index is 1120. The number of carbonyl (C=O) groups excluding carboxylic acids is 3. The molecule has 2 aromatic carbocycles. The minimum Gasteiger partial charge on any atom is -0.494 e. The van der Waals surface area contributed by atoms with Gasteiger partial charge in [0.25, 0.3) is 0 Å².